The van der Waals surface area contributed by atoms with Crippen molar-refractivity contribution < 1.29 is 4.79 Å². The lowest BCUT2D eigenvalue weighted by Gasteiger charge is -2.10. The molecule has 0 fully saturated rings. The molecule has 0 saturated heterocycles. The van der Waals surface area contributed by atoms with Crippen LogP contribution >= 0.6 is 34.4 Å². The molecule has 9 heteroatoms. The highest BCUT2D eigenvalue weighted by atomic mass is 32.2. The number of amides is 1. The van der Waals surface area contributed by atoms with Crippen LogP contribution in [0.25, 0.3) is 10.7 Å². The highest BCUT2D eigenvalue weighted by molar-refractivity contribution is 7.98. The molecule has 142 valence electrons. The van der Waals surface area contributed by atoms with Gasteiger partial charge in [0.1, 0.15) is 10.0 Å². The average Bonchev–Trinajstić information content (AvgIpc) is 3.34. The number of thiophene rings is 1. The highest BCUT2D eigenvalue weighted by Gasteiger charge is 2.21. The summed E-state index contributed by atoms with van der Waals surface area (Å²) >= 11 is 4.45. The number of hydrogen-bond donors (Lipinski definition) is 1. The first-order valence-corrected chi connectivity index (χ1v) is 11.6. The van der Waals surface area contributed by atoms with E-state index < -0.39 is 0 Å². The molecule has 0 bridgehead atoms. The van der Waals surface area contributed by atoms with Crippen molar-refractivity contribution in [3.05, 3.63) is 33.8 Å². The predicted octanol–water partition coefficient (Wildman–Crippen LogP) is 5.24. The second-order valence-corrected chi connectivity index (χ2v) is 8.66. The molecule has 0 atom stereocenters. The lowest BCUT2D eigenvalue weighted by atomic mass is 10.1. The normalized spacial score (nSPS) is 11.1. The van der Waals surface area contributed by atoms with Gasteiger partial charge in [-0.05, 0) is 37.5 Å². The van der Waals surface area contributed by atoms with Gasteiger partial charge in [-0.15, -0.1) is 33.3 Å². The molecule has 1 amide bonds. The van der Waals surface area contributed by atoms with Crippen LogP contribution in [0.5, 0.6) is 0 Å². The molecule has 3 rings (SSSR count). The fourth-order valence-corrected chi connectivity index (χ4v) is 5.00. The van der Waals surface area contributed by atoms with Gasteiger partial charge in [0.2, 0.25) is 5.13 Å². The van der Waals surface area contributed by atoms with E-state index >= 15 is 0 Å². The molecule has 3 heterocycles. The summed E-state index contributed by atoms with van der Waals surface area (Å²) in [4.78, 5) is 23.0. The number of nitrogens with zero attached hydrogens (tertiary/aromatic N) is 4. The Morgan fingerprint density at radius 2 is 2.04 bits per heavy atom. The van der Waals surface area contributed by atoms with E-state index in [1.807, 2.05) is 30.7 Å². The minimum Gasteiger partial charge on any atom is -0.296 e. The van der Waals surface area contributed by atoms with Crippen LogP contribution in [0, 0.1) is 6.92 Å². The zero-order chi connectivity index (χ0) is 19.4. The number of carbonyl (C=O) groups is 1. The molecule has 0 aliphatic heterocycles. The Morgan fingerprint density at radius 1 is 1.26 bits per heavy atom. The van der Waals surface area contributed by atoms with Gasteiger partial charge in [0.15, 0.2) is 5.82 Å². The van der Waals surface area contributed by atoms with Crippen molar-refractivity contribution in [2.45, 2.75) is 44.6 Å². The van der Waals surface area contributed by atoms with Gasteiger partial charge in [-0.1, -0.05) is 31.3 Å². The van der Waals surface area contributed by atoms with Gasteiger partial charge in [0, 0.05) is 5.92 Å². The van der Waals surface area contributed by atoms with Crippen LogP contribution in [0.15, 0.2) is 22.5 Å². The maximum Gasteiger partial charge on any atom is 0.262 e. The lowest BCUT2D eigenvalue weighted by molar-refractivity contribution is 0.102. The summed E-state index contributed by atoms with van der Waals surface area (Å²) in [5, 5.41) is 15.4. The highest BCUT2D eigenvalue weighted by Crippen LogP contribution is 2.30. The zero-order valence-electron chi connectivity index (χ0n) is 15.6. The van der Waals surface area contributed by atoms with Crippen molar-refractivity contribution >= 4 is 45.5 Å². The summed E-state index contributed by atoms with van der Waals surface area (Å²) in [5.74, 6) is 0.780. The Balaban J connectivity index is 1.86. The Kier molecular flexibility index (Phi) is 6.56. The monoisotopic (exact) mass is 419 g/mol. The van der Waals surface area contributed by atoms with Crippen LogP contribution in [-0.4, -0.2) is 32.3 Å². The molecule has 3 aromatic heterocycles. The molecule has 6 nitrogen and oxygen atoms in total. The molecule has 27 heavy (non-hydrogen) atoms. The Labute approximate surface area is 170 Å². The topological polar surface area (TPSA) is 80.7 Å². The van der Waals surface area contributed by atoms with Crippen molar-refractivity contribution in [3.63, 3.8) is 0 Å². The number of hydrogen-bond acceptors (Lipinski definition) is 8. The molecule has 0 aliphatic rings. The standard InChI is InChI=1S/C18H21N5OS3/c1-5-11(6-2)16-22-23-18(27-16)21-15(24)13-10(3)19-14(20-17(13)25-4)12-8-7-9-26-12/h7-9,11H,5-6H2,1-4H3,(H,21,23,24). The van der Waals surface area contributed by atoms with E-state index in [0.29, 0.717) is 33.2 Å². The quantitative estimate of drug-likeness (QED) is 0.416. The second-order valence-electron chi connectivity index (χ2n) is 5.91. The third kappa shape index (κ3) is 4.36. The number of carbonyl (C=O) groups excluding carboxylic acids is 1. The summed E-state index contributed by atoms with van der Waals surface area (Å²) in [6.07, 6.45) is 3.92. The summed E-state index contributed by atoms with van der Waals surface area (Å²) in [5.41, 5.74) is 1.14. The molecular formula is C18H21N5OS3. The average molecular weight is 420 g/mol. The second kappa shape index (κ2) is 8.90. The smallest absolute Gasteiger partial charge is 0.262 e. The number of rotatable bonds is 7. The third-order valence-electron chi connectivity index (χ3n) is 4.21. The third-order valence-corrected chi connectivity index (χ3v) is 6.76. The molecule has 0 unspecified atom stereocenters. The number of nitrogens with one attached hydrogen (secondary N) is 1. The van der Waals surface area contributed by atoms with Crippen molar-refractivity contribution in [2.75, 3.05) is 11.6 Å². The molecule has 0 spiro atoms. The molecule has 0 radical (unpaired) electrons. The van der Waals surface area contributed by atoms with Crippen molar-refractivity contribution in [1.82, 2.24) is 20.2 Å². The van der Waals surface area contributed by atoms with E-state index in [9.17, 15) is 4.79 Å². The molecule has 0 saturated carbocycles. The SMILES string of the molecule is CCC(CC)c1nnc(NC(=O)c2c(C)nc(-c3cccs3)nc2SC)s1. The van der Waals surface area contributed by atoms with Gasteiger partial charge < -0.3 is 0 Å². The fraction of sp³-hybridized carbons (Fsp3) is 0.389. The van der Waals surface area contributed by atoms with E-state index in [1.54, 1.807) is 11.3 Å². The number of anilines is 1. The maximum atomic E-state index is 12.9. The van der Waals surface area contributed by atoms with Crippen LogP contribution in [0.2, 0.25) is 0 Å². The summed E-state index contributed by atoms with van der Waals surface area (Å²) in [6.45, 7) is 6.10. The van der Waals surface area contributed by atoms with Gasteiger partial charge in [0.05, 0.1) is 16.1 Å². The van der Waals surface area contributed by atoms with Gasteiger partial charge in [-0.25, -0.2) is 9.97 Å². The van der Waals surface area contributed by atoms with Crippen LogP contribution in [-0.2, 0) is 0 Å². The van der Waals surface area contributed by atoms with Crippen LogP contribution in [0.4, 0.5) is 5.13 Å². The van der Waals surface area contributed by atoms with Crippen molar-refractivity contribution in [1.29, 1.82) is 0 Å². The molecule has 0 aromatic carbocycles. The largest absolute Gasteiger partial charge is 0.296 e. The van der Waals surface area contributed by atoms with E-state index in [0.717, 1.165) is 22.7 Å². The zero-order valence-corrected chi connectivity index (χ0v) is 18.1. The van der Waals surface area contributed by atoms with E-state index in [-0.39, 0.29) is 5.91 Å². The van der Waals surface area contributed by atoms with Crippen LogP contribution in [0.3, 0.4) is 0 Å². The predicted molar refractivity (Wildman–Crippen MR) is 113 cm³/mol. The first-order valence-electron chi connectivity index (χ1n) is 8.68. The molecular weight excluding hydrogens is 398 g/mol. The van der Waals surface area contributed by atoms with Gasteiger partial charge in [0.25, 0.3) is 5.91 Å². The lowest BCUT2D eigenvalue weighted by Crippen LogP contribution is -2.16. The summed E-state index contributed by atoms with van der Waals surface area (Å²) in [7, 11) is 0. The Bertz CT molecular complexity index is 919. The van der Waals surface area contributed by atoms with Crippen molar-refractivity contribution in [2.24, 2.45) is 0 Å². The molecule has 3 aromatic rings. The van der Waals surface area contributed by atoms with E-state index in [1.165, 1.54) is 23.1 Å². The summed E-state index contributed by atoms with van der Waals surface area (Å²) in [6, 6.07) is 3.94. The first kappa shape index (κ1) is 19.9. The van der Waals surface area contributed by atoms with Gasteiger partial charge in [-0.2, -0.15) is 0 Å². The van der Waals surface area contributed by atoms with Gasteiger partial charge in [-0.3, -0.25) is 10.1 Å². The van der Waals surface area contributed by atoms with Crippen molar-refractivity contribution in [3.8, 4) is 10.7 Å². The Hall–Kier alpha value is -1.84. The van der Waals surface area contributed by atoms with E-state index in [2.05, 4.69) is 39.3 Å². The number of aryl methyl sites for hydroxylation is 1. The fourth-order valence-electron chi connectivity index (χ4n) is 2.72. The number of thioether (sulfide) groups is 1. The molecule has 1 N–H and O–H groups in total. The van der Waals surface area contributed by atoms with Crippen LogP contribution < -0.4 is 5.32 Å². The van der Waals surface area contributed by atoms with E-state index in [4.69, 9.17) is 0 Å². The minimum atomic E-state index is -0.248. The number of aromatic nitrogens is 4. The molecule has 0 aliphatic carbocycles. The Morgan fingerprint density at radius 3 is 2.67 bits per heavy atom. The summed E-state index contributed by atoms with van der Waals surface area (Å²) < 4.78 is 0. The van der Waals surface area contributed by atoms with Crippen LogP contribution in [0.1, 0.15) is 53.7 Å². The minimum absolute atomic E-state index is 0.248. The maximum absolute atomic E-state index is 12.9. The first-order chi connectivity index (χ1) is 13.1. The van der Waals surface area contributed by atoms with Gasteiger partial charge >= 0.3 is 0 Å².